The molecule has 0 aromatic heterocycles. The number of piperazine rings is 1. The van der Waals surface area contributed by atoms with Crippen molar-refractivity contribution >= 4 is 5.91 Å². The Hall–Kier alpha value is -0.650. The molecule has 0 bridgehead atoms. The summed E-state index contributed by atoms with van der Waals surface area (Å²) in [7, 11) is 0. The maximum atomic E-state index is 12.2. The third-order valence-corrected chi connectivity index (χ3v) is 3.56. The van der Waals surface area contributed by atoms with E-state index >= 15 is 0 Å². The fourth-order valence-electron chi connectivity index (χ4n) is 2.47. The van der Waals surface area contributed by atoms with Crippen LogP contribution in [0.15, 0.2) is 0 Å². The largest absolute Gasteiger partial charge is 0.395 e. The third-order valence-electron chi connectivity index (χ3n) is 3.56. The predicted molar refractivity (Wildman–Crippen MR) is 63.7 cm³/mol. The number of ether oxygens (including phenoxy) is 1. The first kappa shape index (κ1) is 12.8. The van der Waals surface area contributed by atoms with Crippen LogP contribution < -0.4 is 0 Å². The van der Waals surface area contributed by atoms with Crippen LogP contribution in [0.1, 0.15) is 19.3 Å². The van der Waals surface area contributed by atoms with Gasteiger partial charge >= 0.3 is 0 Å². The van der Waals surface area contributed by atoms with Crippen molar-refractivity contribution in [2.75, 3.05) is 45.9 Å². The number of hydrogen-bond donors (Lipinski definition) is 1. The Bertz CT molecular complexity index is 246. The fourth-order valence-corrected chi connectivity index (χ4v) is 2.47. The minimum absolute atomic E-state index is 0.161. The zero-order chi connectivity index (χ0) is 12.1. The Morgan fingerprint density at radius 3 is 2.59 bits per heavy atom. The Morgan fingerprint density at radius 1 is 1.24 bits per heavy atom. The van der Waals surface area contributed by atoms with E-state index in [1.807, 2.05) is 4.90 Å². The zero-order valence-corrected chi connectivity index (χ0v) is 10.3. The Kier molecular flexibility index (Phi) is 4.76. The summed E-state index contributed by atoms with van der Waals surface area (Å²) in [4.78, 5) is 16.2. The minimum Gasteiger partial charge on any atom is -0.395 e. The molecule has 1 amide bonds. The highest BCUT2D eigenvalue weighted by Gasteiger charge is 2.28. The number of carbonyl (C=O) groups excluding carboxylic acids is 1. The molecule has 2 saturated heterocycles. The van der Waals surface area contributed by atoms with Gasteiger partial charge in [0, 0.05) is 39.3 Å². The van der Waals surface area contributed by atoms with Gasteiger partial charge in [0.25, 0.3) is 5.91 Å². The molecule has 0 radical (unpaired) electrons. The third kappa shape index (κ3) is 3.40. The monoisotopic (exact) mass is 242 g/mol. The first-order valence-electron chi connectivity index (χ1n) is 6.55. The molecule has 2 rings (SSSR count). The first-order valence-corrected chi connectivity index (χ1v) is 6.55. The van der Waals surface area contributed by atoms with Gasteiger partial charge in [-0.05, 0) is 19.3 Å². The van der Waals surface area contributed by atoms with E-state index in [1.165, 1.54) is 0 Å². The maximum absolute atomic E-state index is 12.2. The summed E-state index contributed by atoms with van der Waals surface area (Å²) < 4.78 is 5.52. The Morgan fingerprint density at radius 2 is 2.00 bits per heavy atom. The predicted octanol–water partition coefficient (Wildman–Crippen LogP) is -0.308. The van der Waals surface area contributed by atoms with Crippen molar-refractivity contribution in [3.8, 4) is 0 Å². The molecule has 2 fully saturated rings. The quantitative estimate of drug-likeness (QED) is 0.738. The van der Waals surface area contributed by atoms with E-state index in [0.717, 1.165) is 52.0 Å². The van der Waals surface area contributed by atoms with Gasteiger partial charge in [-0.15, -0.1) is 0 Å². The number of β-amino-alcohol motifs (C(OH)–C–C–N with tert-alkyl or cyclic N) is 1. The second-order valence-electron chi connectivity index (χ2n) is 4.75. The molecule has 5 heteroatoms. The normalized spacial score (nSPS) is 27.1. The number of nitrogens with zero attached hydrogens (tertiary/aromatic N) is 2. The van der Waals surface area contributed by atoms with Crippen molar-refractivity contribution in [3.63, 3.8) is 0 Å². The van der Waals surface area contributed by atoms with E-state index in [1.54, 1.807) is 0 Å². The van der Waals surface area contributed by atoms with E-state index in [9.17, 15) is 4.79 Å². The molecule has 1 unspecified atom stereocenters. The average Bonchev–Trinajstić information content (AvgIpc) is 2.40. The smallest absolute Gasteiger partial charge is 0.251 e. The summed E-state index contributed by atoms with van der Waals surface area (Å²) in [6.45, 7) is 4.87. The summed E-state index contributed by atoms with van der Waals surface area (Å²) in [6.07, 6.45) is 2.85. The van der Waals surface area contributed by atoms with Gasteiger partial charge in [-0.25, -0.2) is 0 Å². The average molecular weight is 242 g/mol. The lowest BCUT2D eigenvalue weighted by Crippen LogP contribution is -2.52. The number of carbonyl (C=O) groups is 1. The van der Waals surface area contributed by atoms with Crippen molar-refractivity contribution < 1.29 is 14.6 Å². The number of hydrogen-bond acceptors (Lipinski definition) is 4. The minimum atomic E-state index is -0.201. The molecule has 0 saturated carbocycles. The molecule has 1 atom stereocenters. The molecule has 1 N–H and O–H groups in total. The lowest BCUT2D eigenvalue weighted by atomic mass is 10.1. The van der Waals surface area contributed by atoms with Gasteiger partial charge in [0.1, 0.15) is 6.10 Å². The van der Waals surface area contributed by atoms with Gasteiger partial charge in [-0.2, -0.15) is 0 Å². The second-order valence-corrected chi connectivity index (χ2v) is 4.75. The van der Waals surface area contributed by atoms with Crippen molar-refractivity contribution in [2.45, 2.75) is 25.4 Å². The van der Waals surface area contributed by atoms with Crippen molar-refractivity contribution in [2.24, 2.45) is 0 Å². The number of amides is 1. The molecule has 0 spiro atoms. The topological polar surface area (TPSA) is 53.0 Å². The molecule has 2 aliphatic heterocycles. The molecule has 0 aliphatic carbocycles. The summed E-state index contributed by atoms with van der Waals surface area (Å²) in [5.74, 6) is 0.161. The molecule has 17 heavy (non-hydrogen) atoms. The van der Waals surface area contributed by atoms with Gasteiger partial charge in [0.05, 0.1) is 6.61 Å². The molecule has 5 nitrogen and oxygen atoms in total. The van der Waals surface area contributed by atoms with Crippen LogP contribution in [0.2, 0.25) is 0 Å². The highest BCUT2D eigenvalue weighted by atomic mass is 16.5. The van der Waals surface area contributed by atoms with E-state index in [4.69, 9.17) is 9.84 Å². The summed E-state index contributed by atoms with van der Waals surface area (Å²) in [5, 5.41) is 8.86. The van der Waals surface area contributed by atoms with E-state index in [2.05, 4.69) is 4.90 Å². The lowest BCUT2D eigenvalue weighted by molar-refractivity contribution is -0.148. The van der Waals surface area contributed by atoms with Crippen molar-refractivity contribution in [1.29, 1.82) is 0 Å². The Labute approximate surface area is 102 Å². The van der Waals surface area contributed by atoms with Gasteiger partial charge in [0.15, 0.2) is 0 Å². The van der Waals surface area contributed by atoms with Gasteiger partial charge in [-0.3, -0.25) is 9.69 Å². The standard InChI is InChI=1S/C12H22N2O3/c15-9-8-13-4-6-14(7-5-13)12(16)11-3-1-2-10-17-11/h11,15H,1-10H2. The molecule has 2 aliphatic rings. The van der Waals surface area contributed by atoms with E-state index < -0.39 is 0 Å². The van der Waals surface area contributed by atoms with Crippen LogP contribution in [0.5, 0.6) is 0 Å². The highest BCUT2D eigenvalue weighted by Crippen LogP contribution is 2.16. The lowest BCUT2D eigenvalue weighted by Gasteiger charge is -2.36. The Balaban J connectivity index is 1.77. The van der Waals surface area contributed by atoms with Crippen LogP contribution in [0, 0.1) is 0 Å². The van der Waals surface area contributed by atoms with Gasteiger partial charge in [-0.1, -0.05) is 0 Å². The molecule has 0 aromatic carbocycles. The summed E-state index contributed by atoms with van der Waals surface area (Å²) in [5.41, 5.74) is 0. The first-order chi connectivity index (χ1) is 8.31. The van der Waals surface area contributed by atoms with Crippen LogP contribution in [-0.2, 0) is 9.53 Å². The van der Waals surface area contributed by atoms with Crippen LogP contribution in [0.4, 0.5) is 0 Å². The van der Waals surface area contributed by atoms with Crippen LogP contribution in [0.25, 0.3) is 0 Å². The maximum Gasteiger partial charge on any atom is 0.251 e. The van der Waals surface area contributed by atoms with Gasteiger partial charge < -0.3 is 14.7 Å². The molecule has 0 aromatic rings. The second kappa shape index (κ2) is 6.33. The van der Waals surface area contributed by atoms with Crippen LogP contribution in [0.3, 0.4) is 0 Å². The molecule has 98 valence electrons. The summed E-state index contributed by atoms with van der Waals surface area (Å²) in [6, 6.07) is 0. The van der Waals surface area contributed by atoms with Crippen molar-refractivity contribution in [1.82, 2.24) is 9.80 Å². The molecular weight excluding hydrogens is 220 g/mol. The fraction of sp³-hybridized carbons (Fsp3) is 0.917. The zero-order valence-electron chi connectivity index (χ0n) is 10.3. The molecular formula is C12H22N2O3. The summed E-state index contributed by atoms with van der Waals surface area (Å²) >= 11 is 0. The number of aliphatic hydroxyl groups is 1. The van der Waals surface area contributed by atoms with Crippen molar-refractivity contribution in [3.05, 3.63) is 0 Å². The van der Waals surface area contributed by atoms with E-state index in [0.29, 0.717) is 6.54 Å². The number of aliphatic hydroxyl groups excluding tert-OH is 1. The van der Waals surface area contributed by atoms with Crippen LogP contribution >= 0.6 is 0 Å². The molecule has 2 heterocycles. The SMILES string of the molecule is O=C(C1CCCCO1)N1CCN(CCO)CC1. The number of rotatable bonds is 3. The van der Waals surface area contributed by atoms with Crippen LogP contribution in [-0.4, -0.2) is 72.9 Å². The van der Waals surface area contributed by atoms with Gasteiger partial charge in [0.2, 0.25) is 0 Å². The highest BCUT2D eigenvalue weighted by molar-refractivity contribution is 5.81. The van der Waals surface area contributed by atoms with E-state index in [-0.39, 0.29) is 18.6 Å².